The first-order chi connectivity index (χ1) is 7.00. The maximum absolute atomic E-state index is 12.3. The lowest BCUT2D eigenvalue weighted by molar-refractivity contribution is 0.116. The summed E-state index contributed by atoms with van der Waals surface area (Å²) in [5.41, 5.74) is 5.72. The van der Waals surface area contributed by atoms with Gasteiger partial charge in [-0.15, -0.1) is 12.4 Å². The summed E-state index contributed by atoms with van der Waals surface area (Å²) in [7, 11) is 0. The normalized spacial score (nSPS) is 12.4. The Bertz CT molecular complexity index is 303. The van der Waals surface area contributed by atoms with Crippen molar-refractivity contribution in [3.05, 3.63) is 29.8 Å². The van der Waals surface area contributed by atoms with Gasteiger partial charge in [0.15, 0.2) is 0 Å². The van der Waals surface area contributed by atoms with E-state index >= 15 is 0 Å². The van der Waals surface area contributed by atoms with E-state index in [0.717, 1.165) is 0 Å². The van der Waals surface area contributed by atoms with Gasteiger partial charge in [-0.3, -0.25) is 0 Å². The van der Waals surface area contributed by atoms with Gasteiger partial charge >= 0.3 is 0 Å². The van der Waals surface area contributed by atoms with Gasteiger partial charge in [0, 0.05) is 0 Å². The summed E-state index contributed by atoms with van der Waals surface area (Å²) in [6.45, 7) is 3.80. The average molecular weight is 252 g/mol. The van der Waals surface area contributed by atoms with Crippen LogP contribution >= 0.6 is 12.4 Å². The Balaban J connectivity index is 0.00000225. The van der Waals surface area contributed by atoms with Gasteiger partial charge in [-0.05, 0) is 31.5 Å². The molecule has 0 aliphatic rings. The van der Waals surface area contributed by atoms with E-state index < -0.39 is 12.5 Å². The number of hydrogen-bond acceptors (Lipinski definition) is 2. The second-order valence-electron chi connectivity index (χ2n) is 3.60. The summed E-state index contributed by atoms with van der Waals surface area (Å²) in [5.74, 6) is 0.662. The molecule has 1 aromatic carbocycles. The first-order valence-electron chi connectivity index (χ1n) is 4.81. The first kappa shape index (κ1) is 15.1. The van der Waals surface area contributed by atoms with Gasteiger partial charge < -0.3 is 10.5 Å². The van der Waals surface area contributed by atoms with Crippen LogP contribution < -0.4 is 10.5 Å². The zero-order chi connectivity index (χ0) is 11.4. The Morgan fingerprint density at radius 1 is 1.12 bits per heavy atom. The number of halogens is 3. The Labute approximate surface area is 100 Å². The number of alkyl halides is 2. The molecule has 0 saturated heterocycles. The summed E-state index contributed by atoms with van der Waals surface area (Å²) in [6, 6.07) is 5.20. The zero-order valence-corrected chi connectivity index (χ0v) is 10.0. The Morgan fingerprint density at radius 2 is 1.62 bits per heavy atom. The smallest absolute Gasteiger partial charge is 0.257 e. The summed E-state index contributed by atoms with van der Waals surface area (Å²) in [5, 5.41) is 0. The number of benzene rings is 1. The van der Waals surface area contributed by atoms with E-state index in [4.69, 9.17) is 10.5 Å². The molecule has 0 aliphatic heterocycles. The average Bonchev–Trinajstić information content (AvgIpc) is 2.17. The third-order valence-corrected chi connectivity index (χ3v) is 1.91. The van der Waals surface area contributed by atoms with Crippen LogP contribution in [0.5, 0.6) is 5.75 Å². The minimum absolute atomic E-state index is 0. The second-order valence-corrected chi connectivity index (χ2v) is 3.60. The molecule has 0 radical (unpaired) electrons. The van der Waals surface area contributed by atoms with Crippen molar-refractivity contribution >= 4 is 12.4 Å². The van der Waals surface area contributed by atoms with Gasteiger partial charge in [0.1, 0.15) is 5.75 Å². The fraction of sp³-hybridized carbons (Fsp3) is 0.455. The van der Waals surface area contributed by atoms with Gasteiger partial charge in [0.2, 0.25) is 0 Å². The highest BCUT2D eigenvalue weighted by Gasteiger charge is 2.16. The van der Waals surface area contributed by atoms with Crippen LogP contribution in [0.15, 0.2) is 24.3 Å². The van der Waals surface area contributed by atoms with Crippen molar-refractivity contribution in [3.63, 3.8) is 0 Å². The van der Waals surface area contributed by atoms with Crippen LogP contribution in [0.2, 0.25) is 0 Å². The van der Waals surface area contributed by atoms with Crippen molar-refractivity contribution in [1.82, 2.24) is 0 Å². The molecule has 5 heteroatoms. The van der Waals surface area contributed by atoms with Gasteiger partial charge in [-0.2, -0.15) is 0 Å². The summed E-state index contributed by atoms with van der Waals surface area (Å²) >= 11 is 0. The summed E-state index contributed by atoms with van der Waals surface area (Å²) in [6.07, 6.45) is -2.47. The fourth-order valence-corrected chi connectivity index (χ4v) is 1.19. The molecule has 16 heavy (non-hydrogen) atoms. The number of rotatable bonds is 4. The van der Waals surface area contributed by atoms with Crippen molar-refractivity contribution in [3.8, 4) is 5.75 Å². The van der Waals surface area contributed by atoms with Gasteiger partial charge in [-0.25, -0.2) is 8.78 Å². The van der Waals surface area contributed by atoms with E-state index in [-0.39, 0.29) is 18.5 Å². The van der Waals surface area contributed by atoms with Gasteiger partial charge in [0.25, 0.3) is 6.43 Å². The molecule has 0 heterocycles. The lowest BCUT2D eigenvalue weighted by Gasteiger charge is -2.13. The Hall–Kier alpha value is -0.870. The molecule has 2 nitrogen and oxygen atoms in total. The molecular weight excluding hydrogens is 236 g/mol. The van der Waals surface area contributed by atoms with Gasteiger partial charge in [-0.1, -0.05) is 12.1 Å². The van der Waals surface area contributed by atoms with E-state index in [0.29, 0.717) is 11.3 Å². The topological polar surface area (TPSA) is 35.2 Å². The van der Waals surface area contributed by atoms with Gasteiger partial charge in [0.05, 0.1) is 12.1 Å². The molecule has 1 aromatic rings. The van der Waals surface area contributed by atoms with E-state index in [9.17, 15) is 8.78 Å². The largest absolute Gasteiger partial charge is 0.491 e. The van der Waals surface area contributed by atoms with Crippen LogP contribution in [0.25, 0.3) is 0 Å². The molecule has 2 N–H and O–H groups in total. The predicted octanol–water partition coefficient (Wildman–Crippen LogP) is 3.16. The van der Waals surface area contributed by atoms with E-state index in [1.54, 1.807) is 24.3 Å². The highest BCUT2D eigenvalue weighted by atomic mass is 35.5. The molecular formula is C11H16ClF2NO. The molecule has 0 aliphatic carbocycles. The first-order valence-corrected chi connectivity index (χ1v) is 4.81. The fourth-order valence-electron chi connectivity index (χ4n) is 1.19. The zero-order valence-electron chi connectivity index (χ0n) is 9.19. The van der Waals surface area contributed by atoms with Crippen LogP contribution in [-0.2, 0) is 0 Å². The molecule has 0 aromatic heterocycles. The molecule has 0 fully saturated rings. The minimum Gasteiger partial charge on any atom is -0.491 e. The molecule has 0 amide bonds. The number of nitrogens with two attached hydrogens (primary N) is 1. The molecule has 0 saturated carbocycles. The molecule has 0 unspecified atom stereocenters. The second kappa shape index (κ2) is 6.66. The molecule has 0 bridgehead atoms. The standard InChI is InChI=1S/C11H15F2NO.ClH/c1-7(2)15-9-5-3-8(4-6-9)10(14)11(12)13;/h3-7,10-11H,14H2,1-2H3;1H/t10-;/m1./s1. The molecule has 92 valence electrons. The SMILES string of the molecule is CC(C)Oc1ccc([C@@H](N)C(F)F)cc1.Cl. The maximum Gasteiger partial charge on any atom is 0.257 e. The predicted molar refractivity (Wildman–Crippen MR) is 62.4 cm³/mol. The summed E-state index contributed by atoms with van der Waals surface area (Å²) < 4.78 is 29.9. The highest BCUT2D eigenvalue weighted by Crippen LogP contribution is 2.21. The lowest BCUT2D eigenvalue weighted by atomic mass is 10.1. The molecule has 1 rings (SSSR count). The Kier molecular flexibility index (Phi) is 6.29. The van der Waals surface area contributed by atoms with Crippen LogP contribution in [-0.4, -0.2) is 12.5 Å². The Morgan fingerprint density at radius 3 is 2.00 bits per heavy atom. The van der Waals surface area contributed by atoms with Crippen molar-refractivity contribution in [2.75, 3.05) is 0 Å². The van der Waals surface area contributed by atoms with Crippen molar-refractivity contribution in [1.29, 1.82) is 0 Å². The third kappa shape index (κ3) is 4.33. The van der Waals surface area contributed by atoms with Crippen LogP contribution in [0.3, 0.4) is 0 Å². The van der Waals surface area contributed by atoms with Crippen molar-refractivity contribution in [2.24, 2.45) is 5.73 Å². The monoisotopic (exact) mass is 251 g/mol. The third-order valence-electron chi connectivity index (χ3n) is 1.91. The van der Waals surface area contributed by atoms with Crippen LogP contribution in [0.4, 0.5) is 8.78 Å². The van der Waals surface area contributed by atoms with Crippen LogP contribution in [0.1, 0.15) is 25.5 Å². The van der Waals surface area contributed by atoms with E-state index in [1.807, 2.05) is 13.8 Å². The summed E-state index contributed by atoms with van der Waals surface area (Å²) in [4.78, 5) is 0. The quantitative estimate of drug-likeness (QED) is 0.892. The van der Waals surface area contributed by atoms with Crippen molar-refractivity contribution in [2.45, 2.75) is 32.4 Å². The molecule has 0 spiro atoms. The van der Waals surface area contributed by atoms with Crippen molar-refractivity contribution < 1.29 is 13.5 Å². The molecule has 1 atom stereocenters. The highest BCUT2D eigenvalue weighted by molar-refractivity contribution is 5.85. The maximum atomic E-state index is 12.3. The van der Waals surface area contributed by atoms with E-state index in [1.165, 1.54) is 0 Å². The lowest BCUT2D eigenvalue weighted by Crippen LogP contribution is -2.18. The number of hydrogen-bond donors (Lipinski definition) is 1. The number of ether oxygens (including phenoxy) is 1. The van der Waals surface area contributed by atoms with E-state index in [2.05, 4.69) is 0 Å². The van der Waals surface area contributed by atoms with Crippen LogP contribution in [0, 0.1) is 0 Å². The minimum atomic E-state index is -2.54.